The van der Waals surface area contributed by atoms with Crippen LogP contribution in [0.25, 0.3) is 5.52 Å². The second-order valence-electron chi connectivity index (χ2n) is 7.77. The minimum absolute atomic E-state index is 0.170. The second-order valence-corrected chi connectivity index (χ2v) is 7.77. The van der Waals surface area contributed by atoms with Gasteiger partial charge in [0.2, 0.25) is 5.82 Å². The van der Waals surface area contributed by atoms with Gasteiger partial charge in [-0.05, 0) is 70.0 Å². The van der Waals surface area contributed by atoms with Gasteiger partial charge in [0.15, 0.2) is 5.69 Å². The predicted molar refractivity (Wildman–Crippen MR) is 106 cm³/mol. The number of nitrogens with one attached hydrogen (secondary N) is 2. The average Bonchev–Trinajstić information content (AvgIpc) is 2.92. The third kappa shape index (κ3) is 4.16. The van der Waals surface area contributed by atoms with Crippen LogP contribution in [-0.4, -0.2) is 26.7 Å². The maximum Gasteiger partial charge on any atom is 0.292 e. The molecular formula is C21H24N4O2. The molecule has 0 aliphatic rings. The zero-order chi connectivity index (χ0) is 19.8. The number of carbonyl (C=O) groups is 2. The molecule has 0 radical (unpaired) electrons. The lowest BCUT2D eigenvalue weighted by molar-refractivity contribution is 0.0916. The van der Waals surface area contributed by atoms with Gasteiger partial charge in [0.05, 0.1) is 5.52 Å². The highest BCUT2D eigenvalue weighted by atomic mass is 16.2. The first kappa shape index (κ1) is 18.6. The molecule has 0 unspecified atom stereocenters. The van der Waals surface area contributed by atoms with Crippen molar-refractivity contribution >= 4 is 23.0 Å². The highest BCUT2D eigenvalue weighted by Crippen LogP contribution is 2.18. The Balaban J connectivity index is 1.99. The van der Waals surface area contributed by atoms with Gasteiger partial charge in [0.25, 0.3) is 11.8 Å². The number of benzene rings is 1. The van der Waals surface area contributed by atoms with E-state index in [0.717, 1.165) is 11.1 Å². The quantitative estimate of drug-likeness (QED) is 0.743. The maximum absolute atomic E-state index is 12.8. The van der Waals surface area contributed by atoms with Gasteiger partial charge in [-0.1, -0.05) is 12.1 Å². The predicted octanol–water partition coefficient (Wildman–Crippen LogP) is 3.73. The van der Waals surface area contributed by atoms with Crippen LogP contribution in [0.5, 0.6) is 0 Å². The van der Waals surface area contributed by atoms with E-state index in [2.05, 4.69) is 15.6 Å². The minimum Gasteiger partial charge on any atom is -0.346 e. The van der Waals surface area contributed by atoms with Crippen molar-refractivity contribution in [3.8, 4) is 0 Å². The van der Waals surface area contributed by atoms with Crippen LogP contribution < -0.4 is 10.6 Å². The highest BCUT2D eigenvalue weighted by molar-refractivity contribution is 6.06. The van der Waals surface area contributed by atoms with Crippen LogP contribution in [-0.2, 0) is 0 Å². The van der Waals surface area contributed by atoms with Crippen LogP contribution in [0.2, 0.25) is 0 Å². The van der Waals surface area contributed by atoms with Crippen molar-refractivity contribution in [2.24, 2.45) is 0 Å². The normalized spacial score (nSPS) is 11.4. The van der Waals surface area contributed by atoms with Crippen LogP contribution in [0.15, 0.2) is 42.6 Å². The highest BCUT2D eigenvalue weighted by Gasteiger charge is 2.24. The number of imidazole rings is 1. The van der Waals surface area contributed by atoms with Crippen LogP contribution in [0, 0.1) is 13.8 Å². The number of hydrogen-bond donors (Lipinski definition) is 2. The van der Waals surface area contributed by atoms with Gasteiger partial charge in [-0.25, -0.2) is 4.98 Å². The number of nitrogens with zero attached hydrogens (tertiary/aromatic N) is 2. The Morgan fingerprint density at radius 3 is 2.30 bits per heavy atom. The van der Waals surface area contributed by atoms with E-state index >= 15 is 0 Å². The molecule has 2 aromatic heterocycles. The second kappa shape index (κ2) is 6.87. The summed E-state index contributed by atoms with van der Waals surface area (Å²) in [7, 11) is 0. The van der Waals surface area contributed by atoms with Gasteiger partial charge >= 0.3 is 0 Å². The van der Waals surface area contributed by atoms with Crippen LogP contribution >= 0.6 is 0 Å². The van der Waals surface area contributed by atoms with E-state index in [1.807, 2.05) is 58.9 Å². The van der Waals surface area contributed by atoms with E-state index in [-0.39, 0.29) is 23.3 Å². The lowest BCUT2D eigenvalue weighted by Gasteiger charge is -2.19. The lowest BCUT2D eigenvalue weighted by atomic mass is 10.1. The van der Waals surface area contributed by atoms with Gasteiger partial charge in [0, 0.05) is 17.4 Å². The van der Waals surface area contributed by atoms with E-state index in [1.165, 1.54) is 0 Å². The molecule has 2 heterocycles. The SMILES string of the molecule is Cc1cc(C)cc(NC(=O)c2nc(C(=O)NC(C)(C)C)c3ccccn23)c1. The molecule has 2 N–H and O–H groups in total. The number of carbonyl (C=O) groups excluding carboxylic acids is 2. The number of anilines is 1. The summed E-state index contributed by atoms with van der Waals surface area (Å²) in [6.45, 7) is 9.65. The summed E-state index contributed by atoms with van der Waals surface area (Å²) in [4.78, 5) is 29.8. The van der Waals surface area contributed by atoms with Crippen molar-refractivity contribution in [2.75, 3.05) is 5.32 Å². The van der Waals surface area contributed by atoms with Crippen LogP contribution in [0.4, 0.5) is 5.69 Å². The van der Waals surface area contributed by atoms with Crippen LogP contribution in [0.3, 0.4) is 0 Å². The average molecular weight is 364 g/mol. The fraction of sp³-hybridized carbons (Fsp3) is 0.286. The van der Waals surface area contributed by atoms with E-state index in [0.29, 0.717) is 11.2 Å². The number of fused-ring (bicyclic) bond motifs is 1. The van der Waals surface area contributed by atoms with Gasteiger partial charge in [0.1, 0.15) is 0 Å². The zero-order valence-electron chi connectivity index (χ0n) is 16.3. The fourth-order valence-electron chi connectivity index (χ4n) is 3.00. The fourth-order valence-corrected chi connectivity index (χ4v) is 3.00. The number of pyridine rings is 1. The Bertz CT molecular complexity index is 1010. The molecule has 1 aromatic carbocycles. The molecule has 0 saturated carbocycles. The number of hydrogen-bond acceptors (Lipinski definition) is 3. The molecule has 0 spiro atoms. The van der Waals surface area contributed by atoms with Crippen molar-refractivity contribution in [3.05, 3.63) is 65.2 Å². The van der Waals surface area contributed by atoms with Crippen molar-refractivity contribution in [1.29, 1.82) is 0 Å². The van der Waals surface area contributed by atoms with Crippen molar-refractivity contribution in [1.82, 2.24) is 14.7 Å². The molecular weight excluding hydrogens is 340 g/mol. The third-order valence-electron chi connectivity index (χ3n) is 3.93. The van der Waals surface area contributed by atoms with E-state index in [1.54, 1.807) is 22.7 Å². The molecule has 6 nitrogen and oxygen atoms in total. The molecule has 27 heavy (non-hydrogen) atoms. The van der Waals surface area contributed by atoms with Crippen molar-refractivity contribution in [2.45, 2.75) is 40.2 Å². The van der Waals surface area contributed by atoms with Gasteiger partial charge < -0.3 is 10.6 Å². The topological polar surface area (TPSA) is 75.5 Å². The summed E-state index contributed by atoms with van der Waals surface area (Å²) in [5.41, 5.74) is 3.24. The summed E-state index contributed by atoms with van der Waals surface area (Å²) in [5.74, 6) is -0.503. The number of aromatic nitrogens is 2. The standard InChI is InChI=1S/C21H24N4O2/c1-13-10-14(2)12-15(11-13)22-20(27)18-23-17(19(26)24-21(3,4)5)16-8-6-7-9-25(16)18/h6-12H,1-5H3,(H,22,27)(H,24,26). The first-order chi connectivity index (χ1) is 12.6. The summed E-state index contributed by atoms with van der Waals surface area (Å²) in [6.07, 6.45) is 1.73. The number of aryl methyl sites for hydroxylation is 2. The summed E-state index contributed by atoms with van der Waals surface area (Å²) >= 11 is 0. The number of rotatable bonds is 3. The van der Waals surface area contributed by atoms with Gasteiger partial charge in [-0.2, -0.15) is 0 Å². The molecule has 140 valence electrons. The summed E-state index contributed by atoms with van der Waals surface area (Å²) in [6, 6.07) is 11.2. The third-order valence-corrected chi connectivity index (χ3v) is 3.93. The maximum atomic E-state index is 12.8. The summed E-state index contributed by atoms with van der Waals surface area (Å²) in [5, 5.41) is 5.78. The van der Waals surface area contributed by atoms with E-state index < -0.39 is 5.54 Å². The van der Waals surface area contributed by atoms with Crippen molar-refractivity contribution < 1.29 is 9.59 Å². The molecule has 0 bridgehead atoms. The Morgan fingerprint density at radius 1 is 1.00 bits per heavy atom. The molecule has 3 aromatic rings. The zero-order valence-corrected chi connectivity index (χ0v) is 16.3. The van der Waals surface area contributed by atoms with Gasteiger partial charge in [-0.3, -0.25) is 14.0 Å². The Kier molecular flexibility index (Phi) is 4.74. The Morgan fingerprint density at radius 2 is 1.67 bits per heavy atom. The minimum atomic E-state index is -0.399. The molecule has 0 fully saturated rings. The molecule has 0 aliphatic carbocycles. The van der Waals surface area contributed by atoms with Crippen LogP contribution in [0.1, 0.15) is 53.0 Å². The first-order valence-electron chi connectivity index (χ1n) is 8.83. The van der Waals surface area contributed by atoms with Crippen molar-refractivity contribution in [3.63, 3.8) is 0 Å². The van der Waals surface area contributed by atoms with E-state index in [9.17, 15) is 9.59 Å². The molecule has 0 saturated heterocycles. The van der Waals surface area contributed by atoms with Gasteiger partial charge in [-0.15, -0.1) is 0 Å². The molecule has 2 amide bonds. The largest absolute Gasteiger partial charge is 0.346 e. The number of amides is 2. The Hall–Kier alpha value is -3.15. The molecule has 3 rings (SSSR count). The Labute approximate surface area is 158 Å². The molecule has 0 atom stereocenters. The first-order valence-corrected chi connectivity index (χ1v) is 8.83. The smallest absolute Gasteiger partial charge is 0.292 e. The lowest BCUT2D eigenvalue weighted by Crippen LogP contribution is -2.40. The monoisotopic (exact) mass is 364 g/mol. The van der Waals surface area contributed by atoms with E-state index in [4.69, 9.17) is 0 Å². The molecule has 6 heteroatoms. The molecule has 0 aliphatic heterocycles. The summed E-state index contributed by atoms with van der Waals surface area (Å²) < 4.78 is 1.63.